The Labute approximate surface area is 218 Å². The first kappa shape index (κ1) is 27.7. The lowest BCUT2D eigenvalue weighted by Crippen LogP contribution is -2.62. The highest BCUT2D eigenvalue weighted by Crippen LogP contribution is 2.33. The van der Waals surface area contributed by atoms with E-state index in [4.69, 9.17) is 63.9 Å². The van der Waals surface area contributed by atoms with Crippen LogP contribution in [0.2, 0.25) is 0 Å². The highest BCUT2D eigenvalue weighted by Gasteiger charge is 2.50. The van der Waals surface area contributed by atoms with Crippen molar-refractivity contribution in [3.8, 4) is 0 Å². The van der Waals surface area contributed by atoms with Gasteiger partial charge in [0, 0.05) is 6.92 Å². The van der Waals surface area contributed by atoms with Crippen LogP contribution in [0.5, 0.6) is 0 Å². The molecule has 0 bridgehead atoms. The molecule has 2 N–H and O–H groups in total. The Morgan fingerprint density at radius 3 is 2.09 bits per heavy atom. The van der Waals surface area contributed by atoms with Crippen molar-refractivity contribution in [2.24, 2.45) is 0 Å². The smallest absolute Gasteiger partial charge is 0.303 e. The molecule has 5 atom stereocenters. The van der Waals surface area contributed by atoms with Gasteiger partial charge in [0.15, 0.2) is 6.10 Å². The minimum atomic E-state index is -2.18. The van der Waals surface area contributed by atoms with Gasteiger partial charge in [0.1, 0.15) is 18.3 Å². The van der Waals surface area contributed by atoms with Gasteiger partial charge in [-0.3, -0.25) is 10.2 Å². The van der Waals surface area contributed by atoms with Crippen LogP contribution in [-0.2, 0) is 41.7 Å². The normalized spacial score (nSPS) is 24.5. The van der Waals surface area contributed by atoms with Crippen molar-refractivity contribution in [1.82, 2.24) is 0 Å². The quantitative estimate of drug-likeness (QED) is 0.210. The van der Waals surface area contributed by atoms with Gasteiger partial charge in [-0.2, -0.15) is 0 Å². The van der Waals surface area contributed by atoms with E-state index in [-0.39, 0.29) is 19.8 Å². The molecule has 1 fully saturated rings. The molecule has 0 spiro atoms. The molecule has 1 heterocycles. The molecule has 2 aromatic rings. The zero-order chi connectivity index (χ0) is 25.4. The third-order valence-electron chi connectivity index (χ3n) is 5.09. The molecule has 190 valence electrons. The molecule has 1 aliphatic heterocycles. The molecule has 35 heavy (non-hydrogen) atoms. The standard InChI is InChI=1S/C24H26Cl3NO7/c1-15(29)33-21-20(32-13-17-10-6-3-7-11-17)19(30)18(14-31-12-16-8-4-2-5-9-16)34-22(21)35-23(28)24(25,26)27/h2-11,18-22,28,30H,12-14H2,1H3/t18?,19-,20?,21?,22+/m1/s1. The molecule has 0 aliphatic carbocycles. The fraction of sp³-hybridized carbons (Fsp3) is 0.417. The van der Waals surface area contributed by atoms with E-state index in [9.17, 15) is 9.90 Å². The Bertz CT molecular complexity index is 959. The SMILES string of the molecule is CC(=O)OC1C(OCc2ccccc2)[C@H](O)C(COCc2ccccc2)O[C@H]1OC(=N)C(Cl)(Cl)Cl. The van der Waals surface area contributed by atoms with Gasteiger partial charge in [-0.05, 0) is 11.1 Å². The molecule has 0 aromatic heterocycles. The number of ether oxygens (including phenoxy) is 5. The predicted octanol–water partition coefficient (Wildman–Crippen LogP) is 4.17. The molecule has 3 unspecified atom stereocenters. The predicted molar refractivity (Wildman–Crippen MR) is 130 cm³/mol. The molecule has 1 aliphatic rings. The number of hydrogen-bond donors (Lipinski definition) is 2. The van der Waals surface area contributed by atoms with E-state index in [1.54, 1.807) is 0 Å². The van der Waals surface area contributed by atoms with Gasteiger partial charge in [-0.1, -0.05) is 95.5 Å². The van der Waals surface area contributed by atoms with Gasteiger partial charge in [-0.25, -0.2) is 0 Å². The Kier molecular flexibility index (Phi) is 10.2. The highest BCUT2D eigenvalue weighted by molar-refractivity contribution is 6.76. The second-order valence-electron chi connectivity index (χ2n) is 7.81. The van der Waals surface area contributed by atoms with Crippen molar-refractivity contribution in [3.63, 3.8) is 0 Å². The summed E-state index contributed by atoms with van der Waals surface area (Å²) in [7, 11) is 0. The number of benzene rings is 2. The third kappa shape index (κ3) is 8.32. The van der Waals surface area contributed by atoms with Crippen LogP contribution < -0.4 is 0 Å². The maximum atomic E-state index is 11.9. The Morgan fingerprint density at radius 2 is 1.54 bits per heavy atom. The fourth-order valence-corrected chi connectivity index (χ4v) is 3.58. The summed E-state index contributed by atoms with van der Waals surface area (Å²) in [5, 5.41) is 19.0. The lowest BCUT2D eigenvalue weighted by atomic mass is 9.98. The Hall–Kier alpha value is -1.91. The van der Waals surface area contributed by atoms with Crippen LogP contribution in [-0.4, -0.2) is 58.1 Å². The summed E-state index contributed by atoms with van der Waals surface area (Å²) in [5.74, 6) is -1.42. The number of aliphatic hydroxyl groups is 1. The topological polar surface area (TPSA) is 107 Å². The van der Waals surface area contributed by atoms with Gasteiger partial charge >= 0.3 is 5.97 Å². The van der Waals surface area contributed by atoms with Crippen molar-refractivity contribution >= 4 is 46.7 Å². The second-order valence-corrected chi connectivity index (χ2v) is 10.1. The van der Waals surface area contributed by atoms with Crippen LogP contribution in [0.3, 0.4) is 0 Å². The monoisotopic (exact) mass is 545 g/mol. The van der Waals surface area contributed by atoms with Crippen LogP contribution in [0.4, 0.5) is 0 Å². The first-order chi connectivity index (χ1) is 16.6. The van der Waals surface area contributed by atoms with Crippen molar-refractivity contribution in [2.75, 3.05) is 6.61 Å². The number of halogens is 3. The fourth-order valence-electron chi connectivity index (χ4n) is 3.45. The first-order valence-corrected chi connectivity index (χ1v) is 11.9. The largest absolute Gasteiger partial charge is 0.453 e. The summed E-state index contributed by atoms with van der Waals surface area (Å²) < 4.78 is 26.2. The minimum absolute atomic E-state index is 0.0466. The molecule has 1 saturated heterocycles. The number of nitrogens with one attached hydrogen (secondary N) is 1. The molecule has 11 heteroatoms. The van der Waals surface area contributed by atoms with E-state index in [0.29, 0.717) is 0 Å². The maximum absolute atomic E-state index is 11.9. The summed E-state index contributed by atoms with van der Waals surface area (Å²) in [5.41, 5.74) is 1.76. The van der Waals surface area contributed by atoms with Gasteiger partial charge in [0.25, 0.3) is 3.79 Å². The van der Waals surface area contributed by atoms with Crippen LogP contribution in [0, 0.1) is 5.41 Å². The number of esters is 1. The Morgan fingerprint density at radius 1 is 0.971 bits per heavy atom. The second kappa shape index (κ2) is 12.9. The van der Waals surface area contributed by atoms with Crippen LogP contribution in [0.15, 0.2) is 60.7 Å². The maximum Gasteiger partial charge on any atom is 0.303 e. The number of rotatable bonds is 9. The average molecular weight is 547 g/mol. The number of hydrogen-bond acceptors (Lipinski definition) is 8. The number of carbonyl (C=O) groups is 1. The van der Waals surface area contributed by atoms with E-state index in [2.05, 4.69) is 0 Å². The molecular formula is C24H26Cl3NO7. The van der Waals surface area contributed by atoms with Crippen molar-refractivity contribution < 1.29 is 33.6 Å². The van der Waals surface area contributed by atoms with Gasteiger partial charge < -0.3 is 28.8 Å². The highest BCUT2D eigenvalue weighted by atomic mass is 35.6. The van der Waals surface area contributed by atoms with E-state index < -0.39 is 46.4 Å². The van der Waals surface area contributed by atoms with Crippen molar-refractivity contribution in [2.45, 2.75) is 54.6 Å². The first-order valence-electron chi connectivity index (χ1n) is 10.8. The van der Waals surface area contributed by atoms with E-state index in [0.717, 1.165) is 11.1 Å². The minimum Gasteiger partial charge on any atom is -0.453 e. The van der Waals surface area contributed by atoms with Gasteiger partial charge in [-0.15, -0.1) is 0 Å². The molecule has 0 saturated carbocycles. The molecule has 2 aromatic carbocycles. The number of alkyl halides is 3. The lowest BCUT2D eigenvalue weighted by Gasteiger charge is -2.43. The lowest BCUT2D eigenvalue weighted by molar-refractivity contribution is -0.297. The van der Waals surface area contributed by atoms with Gasteiger partial charge in [0.2, 0.25) is 12.2 Å². The molecular weight excluding hydrogens is 521 g/mol. The summed E-state index contributed by atoms with van der Waals surface area (Å²) in [6, 6.07) is 18.7. The van der Waals surface area contributed by atoms with Crippen molar-refractivity contribution in [1.29, 1.82) is 5.41 Å². The number of aliphatic hydroxyl groups excluding tert-OH is 1. The summed E-state index contributed by atoms with van der Waals surface area (Å²) in [4.78, 5) is 11.9. The van der Waals surface area contributed by atoms with E-state index >= 15 is 0 Å². The molecule has 3 rings (SSSR count). The van der Waals surface area contributed by atoms with Crippen LogP contribution >= 0.6 is 34.8 Å². The van der Waals surface area contributed by atoms with Crippen LogP contribution in [0.25, 0.3) is 0 Å². The van der Waals surface area contributed by atoms with Crippen molar-refractivity contribution in [3.05, 3.63) is 71.8 Å². The zero-order valence-electron chi connectivity index (χ0n) is 18.8. The third-order valence-corrected chi connectivity index (χ3v) is 5.61. The molecule has 0 amide bonds. The van der Waals surface area contributed by atoms with Gasteiger partial charge in [0.05, 0.1) is 19.8 Å². The van der Waals surface area contributed by atoms with E-state index in [1.165, 1.54) is 6.92 Å². The summed E-state index contributed by atoms with van der Waals surface area (Å²) >= 11 is 17.3. The van der Waals surface area contributed by atoms with Crippen LogP contribution in [0.1, 0.15) is 18.1 Å². The average Bonchev–Trinajstić information content (AvgIpc) is 2.81. The zero-order valence-corrected chi connectivity index (χ0v) is 21.1. The number of carbonyl (C=O) groups excluding carboxylic acids is 1. The Balaban J connectivity index is 1.79. The summed E-state index contributed by atoms with van der Waals surface area (Å²) in [6.45, 7) is 1.51. The molecule has 0 radical (unpaired) electrons. The summed E-state index contributed by atoms with van der Waals surface area (Å²) in [6.07, 6.45) is -5.98. The molecule has 8 nitrogen and oxygen atoms in total. The van der Waals surface area contributed by atoms with E-state index in [1.807, 2.05) is 60.7 Å².